The number of hydrogen-bond acceptors (Lipinski definition) is 3. The first-order valence-electron chi connectivity index (χ1n) is 8.66. The predicted octanol–water partition coefficient (Wildman–Crippen LogP) is 2.57. The van der Waals surface area contributed by atoms with Crippen LogP contribution in [0.25, 0.3) is 0 Å². The van der Waals surface area contributed by atoms with E-state index in [0.717, 1.165) is 12.6 Å². The third-order valence-electron chi connectivity index (χ3n) is 4.89. The van der Waals surface area contributed by atoms with Crippen LogP contribution in [0.2, 0.25) is 0 Å². The molecule has 2 aliphatic rings. The minimum atomic E-state index is 0.375. The zero-order valence-corrected chi connectivity index (χ0v) is 14.1. The molecule has 3 nitrogen and oxygen atoms in total. The highest BCUT2D eigenvalue weighted by molar-refractivity contribution is 4.84. The van der Waals surface area contributed by atoms with E-state index >= 15 is 0 Å². The molecule has 2 fully saturated rings. The summed E-state index contributed by atoms with van der Waals surface area (Å²) in [6.07, 6.45) is 5.81. The fourth-order valence-electron chi connectivity index (χ4n) is 3.70. The van der Waals surface area contributed by atoms with Crippen molar-refractivity contribution < 1.29 is 0 Å². The second kappa shape index (κ2) is 7.24. The van der Waals surface area contributed by atoms with Gasteiger partial charge in [-0.2, -0.15) is 0 Å². The summed E-state index contributed by atoms with van der Waals surface area (Å²) in [6.45, 7) is 16.7. The van der Waals surface area contributed by atoms with Gasteiger partial charge < -0.3 is 10.2 Å². The molecule has 0 aromatic carbocycles. The molecule has 1 aliphatic heterocycles. The van der Waals surface area contributed by atoms with E-state index in [9.17, 15) is 0 Å². The second-order valence-electron chi connectivity index (χ2n) is 7.95. The summed E-state index contributed by atoms with van der Waals surface area (Å²) in [6, 6.07) is 1.50. The Hall–Kier alpha value is -0.120. The van der Waals surface area contributed by atoms with Crippen molar-refractivity contribution in [3.63, 3.8) is 0 Å². The van der Waals surface area contributed by atoms with Crippen LogP contribution in [0.1, 0.15) is 53.4 Å². The monoisotopic (exact) mass is 281 g/mol. The molecule has 1 heterocycles. The van der Waals surface area contributed by atoms with Crippen molar-refractivity contribution >= 4 is 0 Å². The summed E-state index contributed by atoms with van der Waals surface area (Å²) in [4.78, 5) is 5.43. The van der Waals surface area contributed by atoms with E-state index in [1.165, 1.54) is 58.4 Å². The third-order valence-corrected chi connectivity index (χ3v) is 4.89. The van der Waals surface area contributed by atoms with Crippen LogP contribution in [0.3, 0.4) is 0 Å². The van der Waals surface area contributed by atoms with E-state index in [1.54, 1.807) is 0 Å². The van der Waals surface area contributed by atoms with E-state index in [4.69, 9.17) is 0 Å². The second-order valence-corrected chi connectivity index (χ2v) is 7.95. The zero-order chi connectivity index (χ0) is 14.6. The van der Waals surface area contributed by atoms with Crippen LogP contribution in [0.15, 0.2) is 0 Å². The van der Waals surface area contributed by atoms with Crippen LogP contribution in [-0.4, -0.2) is 61.2 Å². The number of nitrogens with one attached hydrogen (secondary N) is 1. The van der Waals surface area contributed by atoms with Gasteiger partial charge in [0.25, 0.3) is 0 Å². The van der Waals surface area contributed by atoms with Gasteiger partial charge in [0.05, 0.1) is 0 Å². The molecular weight excluding hydrogens is 246 g/mol. The van der Waals surface area contributed by atoms with Gasteiger partial charge in [0.1, 0.15) is 0 Å². The number of nitrogens with zero attached hydrogens (tertiary/aromatic N) is 2. The molecule has 1 aliphatic carbocycles. The van der Waals surface area contributed by atoms with Crippen molar-refractivity contribution in [2.45, 2.75) is 65.5 Å². The normalized spacial score (nSPS) is 23.9. The minimum Gasteiger partial charge on any atom is -0.314 e. The van der Waals surface area contributed by atoms with Gasteiger partial charge in [-0.3, -0.25) is 4.90 Å². The fourth-order valence-corrected chi connectivity index (χ4v) is 3.70. The van der Waals surface area contributed by atoms with Crippen molar-refractivity contribution in [3.8, 4) is 0 Å². The van der Waals surface area contributed by atoms with Gasteiger partial charge in [-0.25, -0.2) is 0 Å². The van der Waals surface area contributed by atoms with Crippen molar-refractivity contribution in [2.75, 3.05) is 39.3 Å². The minimum absolute atomic E-state index is 0.375. The Kier molecular flexibility index (Phi) is 5.88. The van der Waals surface area contributed by atoms with Gasteiger partial charge in [-0.05, 0) is 18.3 Å². The Balaban J connectivity index is 1.70. The molecule has 0 spiro atoms. The Morgan fingerprint density at radius 1 is 1.05 bits per heavy atom. The molecule has 1 N–H and O–H groups in total. The molecular formula is C17H35N3. The van der Waals surface area contributed by atoms with Crippen LogP contribution in [-0.2, 0) is 0 Å². The standard InChI is InChI=1S/C17H35N3/c1-15(2)18-13-17(3,4)14-19-9-11-20(12-10-19)16-7-5-6-8-16/h15-16,18H,5-14H2,1-4H3. The molecule has 0 bridgehead atoms. The molecule has 0 atom stereocenters. The Labute approximate surface area is 126 Å². The molecule has 1 saturated carbocycles. The maximum absolute atomic E-state index is 3.59. The van der Waals surface area contributed by atoms with E-state index in [-0.39, 0.29) is 0 Å². The molecule has 3 heteroatoms. The molecule has 0 aromatic rings. The van der Waals surface area contributed by atoms with Crippen LogP contribution in [0.5, 0.6) is 0 Å². The highest BCUT2D eigenvalue weighted by atomic mass is 15.3. The lowest BCUT2D eigenvalue weighted by atomic mass is 9.92. The third kappa shape index (κ3) is 5.01. The van der Waals surface area contributed by atoms with Gasteiger partial charge in [-0.15, -0.1) is 0 Å². The first-order valence-corrected chi connectivity index (χ1v) is 8.66. The van der Waals surface area contributed by atoms with Crippen molar-refractivity contribution in [3.05, 3.63) is 0 Å². The number of rotatable bonds is 6. The van der Waals surface area contributed by atoms with Gasteiger partial charge in [0.2, 0.25) is 0 Å². The lowest BCUT2D eigenvalue weighted by Gasteiger charge is -2.41. The lowest BCUT2D eigenvalue weighted by molar-refractivity contribution is 0.0723. The fraction of sp³-hybridized carbons (Fsp3) is 1.00. The van der Waals surface area contributed by atoms with E-state index < -0.39 is 0 Å². The first-order chi connectivity index (χ1) is 9.46. The molecule has 0 unspecified atom stereocenters. The Bertz CT molecular complexity index is 274. The summed E-state index contributed by atoms with van der Waals surface area (Å²) in [5, 5.41) is 3.59. The molecule has 0 amide bonds. The highest BCUT2D eigenvalue weighted by Gasteiger charge is 2.28. The van der Waals surface area contributed by atoms with Crippen molar-refractivity contribution in [1.29, 1.82) is 0 Å². The largest absolute Gasteiger partial charge is 0.314 e. The average molecular weight is 281 g/mol. The topological polar surface area (TPSA) is 18.5 Å². The number of piperazine rings is 1. The molecule has 118 valence electrons. The molecule has 0 radical (unpaired) electrons. The van der Waals surface area contributed by atoms with E-state index in [0.29, 0.717) is 11.5 Å². The van der Waals surface area contributed by atoms with E-state index in [1.807, 2.05) is 0 Å². The average Bonchev–Trinajstić information content (AvgIpc) is 2.91. The maximum Gasteiger partial charge on any atom is 0.0113 e. The van der Waals surface area contributed by atoms with Crippen LogP contribution in [0, 0.1) is 5.41 Å². The van der Waals surface area contributed by atoms with E-state index in [2.05, 4.69) is 42.8 Å². The van der Waals surface area contributed by atoms with Gasteiger partial charge in [0, 0.05) is 51.4 Å². The summed E-state index contributed by atoms with van der Waals surface area (Å²) in [5.74, 6) is 0. The SMILES string of the molecule is CC(C)NCC(C)(C)CN1CCN(C2CCCC2)CC1. The summed E-state index contributed by atoms with van der Waals surface area (Å²) in [5.41, 5.74) is 0.375. The van der Waals surface area contributed by atoms with Crippen LogP contribution in [0.4, 0.5) is 0 Å². The van der Waals surface area contributed by atoms with Gasteiger partial charge >= 0.3 is 0 Å². The van der Waals surface area contributed by atoms with Gasteiger partial charge in [-0.1, -0.05) is 40.5 Å². The quantitative estimate of drug-likeness (QED) is 0.807. The van der Waals surface area contributed by atoms with Crippen LogP contribution >= 0.6 is 0 Å². The lowest BCUT2D eigenvalue weighted by Crippen LogP contribution is -2.52. The Morgan fingerprint density at radius 2 is 1.65 bits per heavy atom. The van der Waals surface area contributed by atoms with Crippen molar-refractivity contribution in [1.82, 2.24) is 15.1 Å². The number of hydrogen-bond donors (Lipinski definition) is 1. The zero-order valence-electron chi connectivity index (χ0n) is 14.1. The molecule has 20 heavy (non-hydrogen) atoms. The Morgan fingerprint density at radius 3 is 2.20 bits per heavy atom. The molecule has 2 rings (SSSR count). The summed E-state index contributed by atoms with van der Waals surface area (Å²) in [7, 11) is 0. The van der Waals surface area contributed by atoms with Crippen molar-refractivity contribution in [2.24, 2.45) is 5.41 Å². The smallest absolute Gasteiger partial charge is 0.0113 e. The van der Waals surface area contributed by atoms with Crippen LogP contribution < -0.4 is 5.32 Å². The van der Waals surface area contributed by atoms with Gasteiger partial charge in [0.15, 0.2) is 0 Å². The summed E-state index contributed by atoms with van der Waals surface area (Å²) >= 11 is 0. The predicted molar refractivity (Wildman–Crippen MR) is 87.2 cm³/mol. The maximum atomic E-state index is 3.59. The highest BCUT2D eigenvalue weighted by Crippen LogP contribution is 2.25. The summed E-state index contributed by atoms with van der Waals surface area (Å²) < 4.78 is 0. The molecule has 0 aromatic heterocycles. The molecule has 1 saturated heterocycles. The first kappa shape index (κ1) is 16.3.